The lowest BCUT2D eigenvalue weighted by Crippen LogP contribution is -2.45. The van der Waals surface area contributed by atoms with Crippen molar-refractivity contribution in [2.45, 2.75) is 38.0 Å². The number of hydrogen-bond donors (Lipinski definition) is 1. The predicted octanol–water partition coefficient (Wildman–Crippen LogP) is 2.56. The van der Waals surface area contributed by atoms with Crippen LogP contribution in [-0.4, -0.2) is 66.4 Å². The SMILES string of the molecule is CC(c1ccccc1Cl)N(CC(O)CN1CCOCC1)C1CC1. The van der Waals surface area contributed by atoms with E-state index in [1.165, 1.54) is 12.8 Å². The highest BCUT2D eigenvalue weighted by Gasteiger charge is 2.34. The van der Waals surface area contributed by atoms with Crippen LogP contribution in [0.2, 0.25) is 5.02 Å². The van der Waals surface area contributed by atoms with Gasteiger partial charge >= 0.3 is 0 Å². The summed E-state index contributed by atoms with van der Waals surface area (Å²) in [5.41, 5.74) is 1.15. The van der Waals surface area contributed by atoms with Crippen LogP contribution < -0.4 is 0 Å². The van der Waals surface area contributed by atoms with Crippen LogP contribution >= 0.6 is 11.6 Å². The first-order valence-corrected chi connectivity index (χ1v) is 9.01. The standard InChI is InChI=1S/C18H27ClN2O2/c1-14(17-4-2-3-5-18(17)19)21(15-6-7-15)13-16(22)12-20-8-10-23-11-9-20/h2-5,14-16,22H,6-13H2,1H3. The van der Waals surface area contributed by atoms with E-state index in [9.17, 15) is 5.11 Å². The Morgan fingerprint density at radius 2 is 2.00 bits per heavy atom. The maximum atomic E-state index is 10.6. The molecule has 2 aliphatic rings. The van der Waals surface area contributed by atoms with Gasteiger partial charge in [0.05, 0.1) is 19.3 Å². The van der Waals surface area contributed by atoms with Crippen molar-refractivity contribution in [2.75, 3.05) is 39.4 Å². The first kappa shape index (κ1) is 17.2. The van der Waals surface area contributed by atoms with Crippen LogP contribution in [-0.2, 0) is 4.74 Å². The van der Waals surface area contributed by atoms with Crippen LogP contribution in [0, 0.1) is 0 Å². The van der Waals surface area contributed by atoms with Crippen LogP contribution in [0.1, 0.15) is 31.4 Å². The summed E-state index contributed by atoms with van der Waals surface area (Å²) in [6.45, 7) is 7.00. The highest BCUT2D eigenvalue weighted by Crippen LogP contribution is 2.36. The summed E-state index contributed by atoms with van der Waals surface area (Å²) < 4.78 is 5.37. The average molecular weight is 339 g/mol. The zero-order valence-corrected chi connectivity index (χ0v) is 14.6. The molecule has 1 saturated carbocycles. The summed E-state index contributed by atoms with van der Waals surface area (Å²) in [5.74, 6) is 0. The summed E-state index contributed by atoms with van der Waals surface area (Å²) in [5, 5.41) is 11.4. The van der Waals surface area contributed by atoms with Gasteiger partial charge in [0, 0.05) is 43.3 Å². The van der Waals surface area contributed by atoms with Gasteiger partial charge in [-0.3, -0.25) is 9.80 Å². The summed E-state index contributed by atoms with van der Waals surface area (Å²) >= 11 is 6.37. The number of rotatable bonds is 7. The van der Waals surface area contributed by atoms with Gasteiger partial charge in [0.25, 0.3) is 0 Å². The summed E-state index contributed by atoms with van der Waals surface area (Å²) in [6.07, 6.45) is 2.11. The first-order valence-electron chi connectivity index (χ1n) is 8.63. The Morgan fingerprint density at radius 3 is 2.65 bits per heavy atom. The second-order valence-electron chi connectivity index (χ2n) is 6.69. The maximum Gasteiger partial charge on any atom is 0.0794 e. The number of aliphatic hydroxyl groups is 1. The van der Waals surface area contributed by atoms with Crippen molar-refractivity contribution >= 4 is 11.6 Å². The van der Waals surface area contributed by atoms with Crippen molar-refractivity contribution in [2.24, 2.45) is 0 Å². The average Bonchev–Trinajstić information content (AvgIpc) is 3.38. The molecule has 1 aliphatic heterocycles. The Morgan fingerprint density at radius 1 is 1.30 bits per heavy atom. The quantitative estimate of drug-likeness (QED) is 0.829. The highest BCUT2D eigenvalue weighted by atomic mass is 35.5. The molecule has 0 spiro atoms. The highest BCUT2D eigenvalue weighted by molar-refractivity contribution is 6.31. The smallest absolute Gasteiger partial charge is 0.0794 e. The van der Waals surface area contributed by atoms with Gasteiger partial charge in [-0.25, -0.2) is 0 Å². The molecule has 0 aromatic heterocycles. The largest absolute Gasteiger partial charge is 0.390 e. The minimum absolute atomic E-state index is 0.232. The number of hydrogen-bond acceptors (Lipinski definition) is 4. The van der Waals surface area contributed by atoms with E-state index >= 15 is 0 Å². The molecule has 23 heavy (non-hydrogen) atoms. The minimum atomic E-state index is -0.335. The lowest BCUT2D eigenvalue weighted by Gasteiger charge is -2.34. The van der Waals surface area contributed by atoms with Crippen LogP contribution in [0.3, 0.4) is 0 Å². The van der Waals surface area contributed by atoms with Crippen LogP contribution in [0.15, 0.2) is 24.3 Å². The fraction of sp³-hybridized carbons (Fsp3) is 0.667. The van der Waals surface area contributed by atoms with Crippen molar-refractivity contribution in [1.29, 1.82) is 0 Å². The van der Waals surface area contributed by atoms with Crippen LogP contribution in [0.4, 0.5) is 0 Å². The molecule has 1 aromatic carbocycles. The molecule has 128 valence electrons. The summed E-state index contributed by atoms with van der Waals surface area (Å²) in [7, 11) is 0. The third kappa shape index (κ3) is 4.68. The Hall–Kier alpha value is -0.650. The molecule has 0 radical (unpaired) electrons. The number of halogens is 1. The molecule has 1 saturated heterocycles. The number of aliphatic hydroxyl groups excluding tert-OH is 1. The van der Waals surface area contributed by atoms with Gasteiger partial charge in [-0.1, -0.05) is 29.8 Å². The molecule has 2 fully saturated rings. The molecule has 0 bridgehead atoms. The van der Waals surface area contributed by atoms with E-state index in [1.54, 1.807) is 0 Å². The van der Waals surface area contributed by atoms with Gasteiger partial charge in [0.1, 0.15) is 0 Å². The van der Waals surface area contributed by atoms with Gasteiger partial charge in [-0.15, -0.1) is 0 Å². The number of ether oxygens (including phenoxy) is 1. The zero-order chi connectivity index (χ0) is 16.2. The molecule has 0 amide bonds. The summed E-state index contributed by atoms with van der Waals surface area (Å²) in [4.78, 5) is 4.71. The lowest BCUT2D eigenvalue weighted by atomic mass is 10.1. The number of benzene rings is 1. The van der Waals surface area contributed by atoms with Crippen LogP contribution in [0.25, 0.3) is 0 Å². The van der Waals surface area contributed by atoms with E-state index in [-0.39, 0.29) is 12.1 Å². The minimum Gasteiger partial charge on any atom is -0.390 e. The maximum absolute atomic E-state index is 10.6. The van der Waals surface area contributed by atoms with Crippen molar-refractivity contribution in [3.05, 3.63) is 34.9 Å². The first-order chi connectivity index (χ1) is 11.1. The molecule has 2 atom stereocenters. The van der Waals surface area contributed by atoms with E-state index in [0.717, 1.165) is 43.4 Å². The molecule has 2 unspecified atom stereocenters. The topological polar surface area (TPSA) is 35.9 Å². The van der Waals surface area contributed by atoms with Crippen molar-refractivity contribution in [3.8, 4) is 0 Å². The fourth-order valence-electron chi connectivity index (χ4n) is 3.41. The second-order valence-corrected chi connectivity index (χ2v) is 7.10. The van der Waals surface area contributed by atoms with Crippen molar-refractivity contribution in [3.63, 3.8) is 0 Å². The predicted molar refractivity (Wildman–Crippen MR) is 92.9 cm³/mol. The monoisotopic (exact) mass is 338 g/mol. The Kier molecular flexibility index (Phi) is 5.94. The molecule has 1 aliphatic carbocycles. The van der Waals surface area contributed by atoms with E-state index in [1.807, 2.05) is 18.2 Å². The van der Waals surface area contributed by atoms with Crippen molar-refractivity contribution < 1.29 is 9.84 Å². The van der Waals surface area contributed by atoms with E-state index in [4.69, 9.17) is 16.3 Å². The zero-order valence-electron chi connectivity index (χ0n) is 13.8. The third-order valence-corrected chi connectivity index (χ3v) is 5.21. The normalized spacial score (nSPS) is 22.3. The molecular weight excluding hydrogens is 312 g/mol. The molecule has 1 heterocycles. The van der Waals surface area contributed by atoms with Gasteiger partial charge in [-0.05, 0) is 31.4 Å². The molecule has 4 nitrogen and oxygen atoms in total. The molecule has 1 N–H and O–H groups in total. The molecule has 1 aromatic rings. The van der Waals surface area contributed by atoms with Gasteiger partial charge < -0.3 is 9.84 Å². The van der Waals surface area contributed by atoms with Gasteiger partial charge in [-0.2, -0.15) is 0 Å². The van der Waals surface area contributed by atoms with Gasteiger partial charge in [0.2, 0.25) is 0 Å². The van der Waals surface area contributed by atoms with Crippen molar-refractivity contribution in [1.82, 2.24) is 9.80 Å². The van der Waals surface area contributed by atoms with E-state index < -0.39 is 0 Å². The Labute approximate surface area is 144 Å². The van der Waals surface area contributed by atoms with Gasteiger partial charge in [0.15, 0.2) is 0 Å². The molecule has 3 rings (SSSR count). The van der Waals surface area contributed by atoms with Crippen LogP contribution in [0.5, 0.6) is 0 Å². The number of nitrogens with zero attached hydrogens (tertiary/aromatic N) is 2. The lowest BCUT2D eigenvalue weighted by molar-refractivity contribution is 0.00250. The fourth-order valence-corrected chi connectivity index (χ4v) is 3.70. The number of β-amino-alcohol motifs (C(OH)–C–C–N with tert-alkyl or cyclic N) is 1. The summed E-state index contributed by atoms with van der Waals surface area (Å²) in [6, 6.07) is 8.86. The van der Waals surface area contributed by atoms with E-state index in [2.05, 4.69) is 22.8 Å². The Balaban J connectivity index is 1.61. The molecular formula is C18H27ClN2O2. The number of morpholine rings is 1. The van der Waals surface area contributed by atoms with E-state index in [0.29, 0.717) is 12.6 Å². The third-order valence-electron chi connectivity index (χ3n) is 4.86. The second kappa shape index (κ2) is 7.95. The Bertz CT molecular complexity index is 504. The molecule has 5 heteroatoms.